The average Bonchev–Trinajstić information content (AvgIpc) is 3.02. The number of hydrogen-bond donors (Lipinski definition) is 1. The molecule has 3 rings (SSSR count). The van der Waals surface area contributed by atoms with Crippen molar-refractivity contribution in [3.05, 3.63) is 34.9 Å². The lowest BCUT2D eigenvalue weighted by Gasteiger charge is -2.27. The predicted molar refractivity (Wildman–Crippen MR) is 103 cm³/mol. The number of nitrogens with one attached hydrogen (secondary N) is 1. The van der Waals surface area contributed by atoms with E-state index in [2.05, 4.69) is 20.4 Å². The number of nitrogens with zero attached hydrogens (tertiary/aromatic N) is 4. The maximum Gasteiger partial charge on any atom is 0.233 e. The Morgan fingerprint density at radius 1 is 1.35 bits per heavy atom. The van der Waals surface area contributed by atoms with Crippen LogP contribution in [0.25, 0.3) is 0 Å². The Morgan fingerprint density at radius 3 is 2.81 bits per heavy atom. The first-order chi connectivity index (χ1) is 12.6. The fraction of sp³-hybridized carbons (Fsp3) is 0.471. The smallest absolute Gasteiger partial charge is 0.233 e. The number of morpholine rings is 1. The first-order valence-corrected chi connectivity index (χ1v) is 9.72. The molecule has 1 atom stereocenters. The fourth-order valence-electron chi connectivity index (χ4n) is 2.63. The summed E-state index contributed by atoms with van der Waals surface area (Å²) >= 11 is 7.51. The molecule has 140 valence electrons. The van der Waals surface area contributed by atoms with Crippen molar-refractivity contribution in [1.29, 1.82) is 0 Å². The van der Waals surface area contributed by atoms with Crippen LogP contribution in [-0.2, 0) is 23.1 Å². The van der Waals surface area contributed by atoms with Crippen molar-refractivity contribution in [2.75, 3.05) is 31.2 Å². The van der Waals surface area contributed by atoms with Gasteiger partial charge in [-0.15, -0.1) is 10.2 Å². The van der Waals surface area contributed by atoms with Crippen LogP contribution < -0.4 is 10.2 Å². The van der Waals surface area contributed by atoms with Gasteiger partial charge in [0.1, 0.15) is 0 Å². The van der Waals surface area contributed by atoms with E-state index in [-0.39, 0.29) is 11.2 Å². The van der Waals surface area contributed by atoms with Gasteiger partial charge in [-0.1, -0.05) is 41.6 Å². The summed E-state index contributed by atoms with van der Waals surface area (Å²) in [5.41, 5.74) is 0.896. The third-order valence-electron chi connectivity index (χ3n) is 4.17. The molecule has 1 amide bonds. The Balaban J connectivity index is 1.57. The summed E-state index contributed by atoms with van der Waals surface area (Å²) in [5.74, 6) is 0.741. The van der Waals surface area contributed by atoms with Crippen LogP contribution in [0.2, 0.25) is 5.02 Å². The van der Waals surface area contributed by atoms with Gasteiger partial charge in [0, 0.05) is 31.7 Å². The van der Waals surface area contributed by atoms with Crippen molar-refractivity contribution in [3.63, 3.8) is 0 Å². The van der Waals surface area contributed by atoms with Crippen LogP contribution in [0, 0.1) is 0 Å². The second-order valence-electron chi connectivity index (χ2n) is 6.01. The van der Waals surface area contributed by atoms with Crippen molar-refractivity contribution in [2.24, 2.45) is 7.05 Å². The van der Waals surface area contributed by atoms with Crippen LogP contribution in [-0.4, -0.2) is 52.2 Å². The molecule has 2 heterocycles. The Hall–Kier alpha value is -1.77. The zero-order valence-corrected chi connectivity index (χ0v) is 16.4. The van der Waals surface area contributed by atoms with Gasteiger partial charge in [-0.2, -0.15) is 0 Å². The summed E-state index contributed by atoms with van der Waals surface area (Å²) in [4.78, 5) is 14.5. The van der Waals surface area contributed by atoms with Gasteiger partial charge in [-0.05, 0) is 18.6 Å². The number of amides is 1. The van der Waals surface area contributed by atoms with Crippen LogP contribution in [0.5, 0.6) is 0 Å². The summed E-state index contributed by atoms with van der Waals surface area (Å²) in [5, 5.41) is 12.5. The van der Waals surface area contributed by atoms with Crippen LogP contribution in [0.15, 0.2) is 29.4 Å². The highest BCUT2D eigenvalue weighted by molar-refractivity contribution is 8.00. The van der Waals surface area contributed by atoms with E-state index in [1.165, 1.54) is 11.8 Å². The molecule has 0 bridgehead atoms. The molecule has 0 radical (unpaired) electrons. The van der Waals surface area contributed by atoms with Gasteiger partial charge in [0.05, 0.1) is 18.5 Å². The summed E-state index contributed by atoms with van der Waals surface area (Å²) in [6.07, 6.45) is 0. The van der Waals surface area contributed by atoms with Crippen LogP contribution >= 0.6 is 23.4 Å². The molecule has 1 fully saturated rings. The van der Waals surface area contributed by atoms with E-state index in [1.807, 2.05) is 42.8 Å². The molecule has 1 saturated heterocycles. The lowest BCUT2D eigenvalue weighted by Crippen LogP contribution is -2.37. The molecule has 1 unspecified atom stereocenters. The van der Waals surface area contributed by atoms with Gasteiger partial charge in [-0.25, -0.2) is 0 Å². The number of rotatable bonds is 6. The summed E-state index contributed by atoms with van der Waals surface area (Å²) in [7, 11) is 1.92. The number of anilines is 1. The lowest BCUT2D eigenvalue weighted by molar-refractivity contribution is -0.120. The van der Waals surface area contributed by atoms with Crippen LogP contribution in [0.3, 0.4) is 0 Å². The topological polar surface area (TPSA) is 72.3 Å². The van der Waals surface area contributed by atoms with Gasteiger partial charge in [-0.3, -0.25) is 9.36 Å². The number of ether oxygens (including phenoxy) is 1. The maximum atomic E-state index is 12.4. The Kier molecular flexibility index (Phi) is 6.39. The highest BCUT2D eigenvalue weighted by atomic mass is 35.5. The minimum Gasteiger partial charge on any atom is -0.378 e. The second-order valence-corrected chi connectivity index (χ2v) is 7.73. The highest BCUT2D eigenvalue weighted by Crippen LogP contribution is 2.25. The third-order valence-corrected chi connectivity index (χ3v) is 5.67. The molecule has 1 aromatic heterocycles. The van der Waals surface area contributed by atoms with Gasteiger partial charge in [0.2, 0.25) is 11.9 Å². The van der Waals surface area contributed by atoms with Crippen molar-refractivity contribution in [2.45, 2.75) is 23.9 Å². The molecule has 7 nitrogen and oxygen atoms in total. The molecule has 9 heteroatoms. The number of thioether (sulfide) groups is 1. The molecule has 0 saturated carbocycles. The van der Waals surface area contributed by atoms with E-state index < -0.39 is 0 Å². The zero-order chi connectivity index (χ0) is 18.5. The van der Waals surface area contributed by atoms with E-state index in [1.54, 1.807) is 0 Å². The van der Waals surface area contributed by atoms with Crippen LogP contribution in [0.1, 0.15) is 12.5 Å². The second kappa shape index (κ2) is 8.75. The number of halogens is 1. The monoisotopic (exact) mass is 395 g/mol. The van der Waals surface area contributed by atoms with Gasteiger partial charge in [0.25, 0.3) is 0 Å². The highest BCUT2D eigenvalue weighted by Gasteiger charge is 2.22. The molecular weight excluding hydrogens is 374 g/mol. The normalized spacial score (nSPS) is 15.7. The molecule has 26 heavy (non-hydrogen) atoms. The van der Waals surface area contributed by atoms with Crippen LogP contribution in [0.4, 0.5) is 5.95 Å². The quantitative estimate of drug-likeness (QED) is 0.755. The van der Waals surface area contributed by atoms with E-state index in [9.17, 15) is 4.79 Å². The first-order valence-electron chi connectivity index (χ1n) is 8.46. The zero-order valence-electron chi connectivity index (χ0n) is 14.8. The van der Waals surface area contributed by atoms with Gasteiger partial charge in [0.15, 0.2) is 5.16 Å². The molecule has 1 aliphatic rings. The SMILES string of the molecule is CC(Sc1nnc(N2CCOCC2)n1C)C(=O)NCc1ccccc1Cl. The van der Waals surface area contributed by atoms with E-state index in [4.69, 9.17) is 16.3 Å². The maximum absolute atomic E-state index is 12.4. The van der Waals surface area contributed by atoms with Gasteiger partial charge >= 0.3 is 0 Å². The fourth-order valence-corrected chi connectivity index (χ4v) is 3.66. The molecule has 0 aliphatic carbocycles. The number of carbonyl (C=O) groups is 1. The number of benzene rings is 1. The molecular formula is C17H22ClN5O2S. The largest absolute Gasteiger partial charge is 0.378 e. The number of carbonyl (C=O) groups excluding carboxylic acids is 1. The number of hydrogen-bond acceptors (Lipinski definition) is 6. The summed E-state index contributed by atoms with van der Waals surface area (Å²) < 4.78 is 7.29. The van der Waals surface area contributed by atoms with E-state index in [0.717, 1.165) is 24.6 Å². The summed E-state index contributed by atoms with van der Waals surface area (Å²) in [6, 6.07) is 7.48. The minimum absolute atomic E-state index is 0.0640. The van der Waals surface area contributed by atoms with Crippen molar-refractivity contribution < 1.29 is 9.53 Å². The third kappa shape index (κ3) is 4.49. The molecule has 1 aromatic carbocycles. The first kappa shape index (κ1) is 19.0. The van der Waals surface area contributed by atoms with Crippen molar-refractivity contribution in [3.8, 4) is 0 Å². The van der Waals surface area contributed by atoms with Crippen molar-refractivity contribution >= 4 is 35.2 Å². The molecule has 0 spiro atoms. The molecule has 2 aromatic rings. The Morgan fingerprint density at radius 2 is 2.08 bits per heavy atom. The Bertz CT molecular complexity index is 763. The number of aromatic nitrogens is 3. The minimum atomic E-state index is -0.294. The average molecular weight is 396 g/mol. The van der Waals surface area contributed by atoms with Crippen molar-refractivity contribution in [1.82, 2.24) is 20.1 Å². The van der Waals surface area contributed by atoms with E-state index in [0.29, 0.717) is 29.9 Å². The Labute approximate surface area is 162 Å². The molecule has 1 aliphatic heterocycles. The van der Waals surface area contributed by atoms with Gasteiger partial charge < -0.3 is 15.0 Å². The van der Waals surface area contributed by atoms with E-state index >= 15 is 0 Å². The summed E-state index contributed by atoms with van der Waals surface area (Å²) in [6.45, 7) is 5.23. The lowest BCUT2D eigenvalue weighted by atomic mass is 10.2. The molecule has 1 N–H and O–H groups in total. The standard InChI is InChI=1S/C17H22ClN5O2S/c1-12(15(24)19-11-13-5-3-4-6-14(13)18)26-17-21-20-16(22(17)2)23-7-9-25-10-8-23/h3-6,12H,7-11H2,1-2H3,(H,19,24). The predicted octanol–water partition coefficient (Wildman–Crippen LogP) is 2.10.